The van der Waals surface area contributed by atoms with Gasteiger partial charge in [-0.15, -0.1) is 0 Å². The maximum atomic E-state index is 6.12. The third kappa shape index (κ3) is 4.63. The largest absolute Gasteiger partial charge is 0.493 e. The number of hydrogen-bond acceptors (Lipinski definition) is 4. The Bertz CT molecular complexity index is 426. The van der Waals surface area contributed by atoms with Gasteiger partial charge in [0.25, 0.3) is 0 Å². The van der Waals surface area contributed by atoms with Crippen LogP contribution in [0.3, 0.4) is 0 Å². The standard InChI is InChI=1S/C15H22ClNO3/c1-18-8-4-17-5-9-19-6-2-12-10-14(16)11-13-3-7-20-15(12)13/h10-11,17H,2-9H2,1H3. The van der Waals surface area contributed by atoms with Crippen molar-refractivity contribution in [3.05, 3.63) is 28.3 Å². The van der Waals surface area contributed by atoms with Gasteiger partial charge in [0.05, 0.1) is 26.4 Å². The van der Waals surface area contributed by atoms with Gasteiger partial charge in [-0.2, -0.15) is 0 Å². The topological polar surface area (TPSA) is 39.7 Å². The zero-order chi connectivity index (χ0) is 14.2. The summed E-state index contributed by atoms with van der Waals surface area (Å²) in [4.78, 5) is 0. The van der Waals surface area contributed by atoms with E-state index in [-0.39, 0.29) is 0 Å². The molecule has 0 unspecified atom stereocenters. The maximum absolute atomic E-state index is 6.12. The molecule has 0 bridgehead atoms. The summed E-state index contributed by atoms with van der Waals surface area (Å²) < 4.78 is 16.2. The van der Waals surface area contributed by atoms with Gasteiger partial charge in [-0.25, -0.2) is 0 Å². The molecule has 0 spiro atoms. The van der Waals surface area contributed by atoms with Crippen LogP contribution < -0.4 is 10.1 Å². The Morgan fingerprint density at radius 2 is 2.10 bits per heavy atom. The number of nitrogens with one attached hydrogen (secondary N) is 1. The number of benzene rings is 1. The lowest BCUT2D eigenvalue weighted by Crippen LogP contribution is -2.23. The van der Waals surface area contributed by atoms with Crippen molar-refractivity contribution in [1.82, 2.24) is 5.32 Å². The van der Waals surface area contributed by atoms with Gasteiger partial charge in [-0.3, -0.25) is 0 Å². The number of fused-ring (bicyclic) bond motifs is 1. The SMILES string of the molecule is COCCNCCOCCc1cc(Cl)cc2c1OCC2. The number of hydrogen-bond donors (Lipinski definition) is 1. The first-order valence-electron chi connectivity index (χ1n) is 7.02. The van der Waals surface area contributed by atoms with Gasteiger partial charge in [0.1, 0.15) is 5.75 Å². The summed E-state index contributed by atoms with van der Waals surface area (Å²) in [6, 6.07) is 3.97. The van der Waals surface area contributed by atoms with Crippen molar-refractivity contribution >= 4 is 11.6 Å². The second-order valence-electron chi connectivity index (χ2n) is 4.76. The smallest absolute Gasteiger partial charge is 0.125 e. The van der Waals surface area contributed by atoms with E-state index in [1.54, 1.807) is 7.11 Å². The Labute approximate surface area is 125 Å². The van der Waals surface area contributed by atoms with E-state index in [1.165, 1.54) is 5.56 Å². The van der Waals surface area contributed by atoms with Crippen LogP contribution in [0.1, 0.15) is 11.1 Å². The molecule has 1 aliphatic rings. The van der Waals surface area contributed by atoms with Crippen LogP contribution in [-0.2, 0) is 22.3 Å². The summed E-state index contributed by atoms with van der Waals surface area (Å²) in [5.41, 5.74) is 2.37. The highest BCUT2D eigenvalue weighted by Gasteiger charge is 2.17. The Balaban J connectivity index is 1.67. The number of ether oxygens (including phenoxy) is 3. The van der Waals surface area contributed by atoms with Crippen molar-refractivity contribution in [2.75, 3.05) is 46.6 Å². The molecular formula is C15H22ClNO3. The maximum Gasteiger partial charge on any atom is 0.125 e. The molecule has 20 heavy (non-hydrogen) atoms. The molecule has 0 radical (unpaired) electrons. The average Bonchev–Trinajstić information content (AvgIpc) is 2.89. The van der Waals surface area contributed by atoms with E-state index in [4.69, 9.17) is 25.8 Å². The lowest BCUT2D eigenvalue weighted by atomic mass is 10.1. The minimum Gasteiger partial charge on any atom is -0.493 e. The van der Waals surface area contributed by atoms with Crippen molar-refractivity contribution in [3.63, 3.8) is 0 Å². The van der Waals surface area contributed by atoms with Crippen LogP contribution in [0.25, 0.3) is 0 Å². The van der Waals surface area contributed by atoms with Gasteiger partial charge >= 0.3 is 0 Å². The predicted molar refractivity (Wildman–Crippen MR) is 79.9 cm³/mol. The van der Waals surface area contributed by atoms with Gasteiger partial charge in [0.15, 0.2) is 0 Å². The summed E-state index contributed by atoms with van der Waals surface area (Å²) in [5, 5.41) is 4.02. The molecule has 2 rings (SSSR count). The number of halogens is 1. The molecule has 1 heterocycles. The van der Waals surface area contributed by atoms with Crippen LogP contribution >= 0.6 is 11.6 Å². The van der Waals surface area contributed by atoms with Crippen molar-refractivity contribution in [2.24, 2.45) is 0 Å². The van der Waals surface area contributed by atoms with E-state index >= 15 is 0 Å². The van der Waals surface area contributed by atoms with Crippen molar-refractivity contribution in [1.29, 1.82) is 0 Å². The van der Waals surface area contributed by atoms with Gasteiger partial charge in [0, 0.05) is 31.6 Å². The Hall–Kier alpha value is -0.810. The molecule has 1 aromatic carbocycles. The number of rotatable bonds is 9. The minimum atomic E-state index is 0.683. The summed E-state index contributed by atoms with van der Waals surface area (Å²) in [6.07, 6.45) is 1.79. The molecule has 1 aromatic rings. The quantitative estimate of drug-likeness (QED) is 0.709. The van der Waals surface area contributed by atoms with Gasteiger partial charge in [-0.05, 0) is 29.7 Å². The molecular weight excluding hydrogens is 278 g/mol. The molecule has 0 fully saturated rings. The highest BCUT2D eigenvalue weighted by Crippen LogP contribution is 2.33. The van der Waals surface area contributed by atoms with E-state index in [9.17, 15) is 0 Å². The summed E-state index contributed by atoms with van der Waals surface area (Å²) in [6.45, 7) is 4.57. The Morgan fingerprint density at radius 3 is 2.95 bits per heavy atom. The summed E-state index contributed by atoms with van der Waals surface area (Å²) >= 11 is 6.12. The molecule has 0 saturated carbocycles. The zero-order valence-corrected chi connectivity index (χ0v) is 12.7. The van der Waals surface area contributed by atoms with Crippen molar-refractivity contribution in [3.8, 4) is 5.75 Å². The fourth-order valence-electron chi connectivity index (χ4n) is 2.26. The first kappa shape index (κ1) is 15.6. The van der Waals surface area contributed by atoms with Crippen molar-refractivity contribution in [2.45, 2.75) is 12.8 Å². The first-order valence-corrected chi connectivity index (χ1v) is 7.40. The molecule has 0 aliphatic carbocycles. The minimum absolute atomic E-state index is 0.683. The highest BCUT2D eigenvalue weighted by molar-refractivity contribution is 6.30. The van der Waals surface area contributed by atoms with E-state index < -0.39 is 0 Å². The van der Waals surface area contributed by atoms with Crippen LogP contribution in [0.15, 0.2) is 12.1 Å². The lowest BCUT2D eigenvalue weighted by molar-refractivity contribution is 0.135. The molecule has 1 N–H and O–H groups in total. The lowest BCUT2D eigenvalue weighted by Gasteiger charge is -2.10. The van der Waals surface area contributed by atoms with Gasteiger partial charge in [-0.1, -0.05) is 11.6 Å². The Morgan fingerprint density at radius 1 is 1.25 bits per heavy atom. The van der Waals surface area contributed by atoms with E-state index in [1.807, 2.05) is 12.1 Å². The fraction of sp³-hybridized carbons (Fsp3) is 0.600. The molecule has 4 nitrogen and oxygen atoms in total. The van der Waals surface area contributed by atoms with Crippen LogP contribution in [0.2, 0.25) is 5.02 Å². The molecule has 0 amide bonds. The normalized spacial score (nSPS) is 13.3. The fourth-order valence-corrected chi connectivity index (χ4v) is 2.52. The van der Waals surface area contributed by atoms with Crippen LogP contribution in [-0.4, -0.2) is 46.6 Å². The van der Waals surface area contributed by atoms with Crippen LogP contribution in [0, 0.1) is 0 Å². The van der Waals surface area contributed by atoms with E-state index in [0.717, 1.165) is 55.5 Å². The highest BCUT2D eigenvalue weighted by atomic mass is 35.5. The van der Waals surface area contributed by atoms with Crippen LogP contribution in [0.5, 0.6) is 5.75 Å². The second-order valence-corrected chi connectivity index (χ2v) is 5.19. The van der Waals surface area contributed by atoms with Gasteiger partial charge in [0.2, 0.25) is 0 Å². The molecule has 0 aromatic heterocycles. The average molecular weight is 300 g/mol. The van der Waals surface area contributed by atoms with E-state index in [2.05, 4.69) is 5.32 Å². The van der Waals surface area contributed by atoms with Crippen LogP contribution in [0.4, 0.5) is 0 Å². The second kappa shape index (κ2) is 8.47. The van der Waals surface area contributed by atoms with E-state index in [0.29, 0.717) is 13.2 Å². The third-order valence-electron chi connectivity index (χ3n) is 3.25. The van der Waals surface area contributed by atoms with Gasteiger partial charge < -0.3 is 19.5 Å². The zero-order valence-electron chi connectivity index (χ0n) is 11.9. The Kier molecular flexibility index (Phi) is 6.60. The molecule has 1 aliphatic heterocycles. The molecule has 5 heteroatoms. The van der Waals surface area contributed by atoms with Crippen molar-refractivity contribution < 1.29 is 14.2 Å². The monoisotopic (exact) mass is 299 g/mol. The molecule has 112 valence electrons. The molecule has 0 atom stereocenters. The summed E-state index contributed by atoms with van der Waals surface area (Å²) in [5.74, 6) is 1.01. The third-order valence-corrected chi connectivity index (χ3v) is 3.47. The number of methoxy groups -OCH3 is 1. The molecule has 0 saturated heterocycles. The summed E-state index contributed by atoms with van der Waals surface area (Å²) in [7, 11) is 1.70. The predicted octanol–water partition coefficient (Wildman–Crippen LogP) is 2.07. The first-order chi connectivity index (χ1) is 9.81.